The monoisotopic (exact) mass is 255 g/mol. The third-order valence-corrected chi connectivity index (χ3v) is 3.12. The van der Waals surface area contributed by atoms with Gasteiger partial charge < -0.3 is 5.32 Å². The molecule has 0 aromatic heterocycles. The Morgan fingerprint density at radius 1 is 1.22 bits per heavy atom. The van der Waals surface area contributed by atoms with Crippen molar-refractivity contribution < 1.29 is 9.59 Å². The predicted molar refractivity (Wildman–Crippen MR) is 74.0 cm³/mol. The van der Waals surface area contributed by atoms with Crippen LogP contribution in [0.15, 0.2) is 0 Å². The van der Waals surface area contributed by atoms with Gasteiger partial charge in [0.1, 0.15) is 0 Å². The molecule has 0 bridgehead atoms. The average molecular weight is 255 g/mol. The van der Waals surface area contributed by atoms with Crippen LogP contribution in [0.4, 0.5) is 4.79 Å². The fourth-order valence-corrected chi connectivity index (χ4v) is 1.90. The Bertz CT molecular complexity index is 244. The summed E-state index contributed by atoms with van der Waals surface area (Å²) in [5.41, 5.74) is 0. The lowest BCUT2D eigenvalue weighted by Gasteiger charge is -2.23. The van der Waals surface area contributed by atoms with Gasteiger partial charge in [0.25, 0.3) is 0 Å². The second kappa shape index (κ2) is 9.92. The van der Waals surface area contributed by atoms with E-state index in [0.717, 1.165) is 37.0 Å². The molecule has 2 unspecified atom stereocenters. The first kappa shape index (κ1) is 16.9. The molecule has 1 radical (unpaired) electrons. The lowest BCUT2D eigenvalue weighted by atomic mass is 10.1. The van der Waals surface area contributed by atoms with E-state index in [-0.39, 0.29) is 12.1 Å². The van der Waals surface area contributed by atoms with Crippen LogP contribution in [0.25, 0.3) is 0 Å². The normalized spacial score (nSPS) is 13.8. The first-order valence-corrected chi connectivity index (χ1v) is 7.01. The lowest BCUT2D eigenvalue weighted by Crippen LogP contribution is -2.45. The molecule has 0 aromatic rings. The van der Waals surface area contributed by atoms with E-state index in [4.69, 9.17) is 0 Å². The number of hydrogen-bond donors (Lipinski definition) is 1. The molecule has 18 heavy (non-hydrogen) atoms. The first-order chi connectivity index (χ1) is 8.56. The summed E-state index contributed by atoms with van der Waals surface area (Å²) in [7, 11) is 0. The van der Waals surface area contributed by atoms with E-state index in [9.17, 15) is 9.59 Å². The lowest BCUT2D eigenvalue weighted by molar-refractivity contribution is 0.204. The van der Waals surface area contributed by atoms with E-state index in [0.29, 0.717) is 12.5 Å². The minimum absolute atomic E-state index is 0.0797. The molecule has 0 aromatic carbocycles. The standard InChI is InChI=1S/C14H27N2O2/c1-5-7-9-13(4)16(11-17)14(18)15-10-12(3)8-6-2/h12-13H,5-10H2,1-4H3,(H,15,18). The SMILES string of the molecule is CCCCC(C)N([C]=O)C(=O)NCC(C)CCC. The Balaban J connectivity index is 4.13. The maximum Gasteiger partial charge on any atom is 0.324 e. The fourth-order valence-electron chi connectivity index (χ4n) is 1.90. The van der Waals surface area contributed by atoms with Gasteiger partial charge in [-0.05, 0) is 25.7 Å². The van der Waals surface area contributed by atoms with Crippen LogP contribution in [-0.4, -0.2) is 29.9 Å². The van der Waals surface area contributed by atoms with Crippen molar-refractivity contribution in [2.45, 2.75) is 65.8 Å². The summed E-state index contributed by atoms with van der Waals surface area (Å²) < 4.78 is 0. The van der Waals surface area contributed by atoms with E-state index >= 15 is 0 Å². The Morgan fingerprint density at radius 3 is 2.39 bits per heavy atom. The van der Waals surface area contributed by atoms with Crippen molar-refractivity contribution in [3.8, 4) is 0 Å². The highest BCUT2D eigenvalue weighted by atomic mass is 16.2. The van der Waals surface area contributed by atoms with E-state index in [1.165, 1.54) is 0 Å². The van der Waals surface area contributed by atoms with Gasteiger partial charge in [0, 0.05) is 12.6 Å². The second-order valence-corrected chi connectivity index (χ2v) is 5.03. The van der Waals surface area contributed by atoms with Gasteiger partial charge in [-0.15, -0.1) is 0 Å². The average Bonchev–Trinajstić information content (AvgIpc) is 2.35. The number of amides is 3. The molecule has 4 nitrogen and oxygen atoms in total. The van der Waals surface area contributed by atoms with Gasteiger partial charge in [0.15, 0.2) is 0 Å². The minimum atomic E-state index is -0.323. The van der Waals surface area contributed by atoms with Crippen molar-refractivity contribution in [3.05, 3.63) is 0 Å². The molecule has 0 saturated carbocycles. The Labute approximate surface area is 111 Å². The molecule has 1 N–H and O–H groups in total. The van der Waals surface area contributed by atoms with Crippen LogP contribution in [0.2, 0.25) is 0 Å². The number of nitrogens with zero attached hydrogens (tertiary/aromatic N) is 1. The number of carbonyl (C=O) groups excluding carboxylic acids is 2. The smallest absolute Gasteiger partial charge is 0.324 e. The zero-order valence-corrected chi connectivity index (χ0v) is 12.2. The summed E-state index contributed by atoms with van der Waals surface area (Å²) in [6.45, 7) is 8.81. The van der Waals surface area contributed by atoms with Gasteiger partial charge in [-0.2, -0.15) is 0 Å². The molecule has 0 spiro atoms. The van der Waals surface area contributed by atoms with Crippen LogP contribution < -0.4 is 5.32 Å². The molecule has 4 heteroatoms. The van der Waals surface area contributed by atoms with Crippen molar-refractivity contribution in [1.82, 2.24) is 10.2 Å². The van der Waals surface area contributed by atoms with Crippen molar-refractivity contribution in [1.29, 1.82) is 0 Å². The van der Waals surface area contributed by atoms with E-state index < -0.39 is 0 Å². The third kappa shape index (κ3) is 6.62. The molecule has 0 saturated heterocycles. The summed E-state index contributed by atoms with van der Waals surface area (Å²) in [6, 6.07) is -0.402. The quantitative estimate of drug-likeness (QED) is 0.644. The molecular formula is C14H27N2O2. The fraction of sp³-hybridized carbons (Fsp3) is 0.857. The Kier molecular flexibility index (Phi) is 9.33. The maximum absolute atomic E-state index is 11.8. The molecule has 2 atom stereocenters. The Morgan fingerprint density at radius 2 is 1.89 bits per heavy atom. The van der Waals surface area contributed by atoms with Gasteiger partial charge in [0.05, 0.1) is 0 Å². The minimum Gasteiger partial charge on any atom is -0.337 e. The number of hydrogen-bond acceptors (Lipinski definition) is 2. The molecule has 0 heterocycles. The van der Waals surface area contributed by atoms with Gasteiger partial charge in [-0.3, -0.25) is 9.69 Å². The van der Waals surface area contributed by atoms with Crippen LogP contribution in [0.1, 0.15) is 59.8 Å². The number of imide groups is 1. The molecule has 0 aliphatic rings. The molecule has 0 rings (SSSR count). The highest BCUT2D eigenvalue weighted by molar-refractivity contribution is 5.85. The summed E-state index contributed by atoms with van der Waals surface area (Å²) >= 11 is 0. The van der Waals surface area contributed by atoms with Crippen molar-refractivity contribution in [3.63, 3.8) is 0 Å². The van der Waals surface area contributed by atoms with Crippen LogP contribution in [-0.2, 0) is 4.79 Å². The van der Waals surface area contributed by atoms with Gasteiger partial charge in [-0.1, -0.05) is 40.0 Å². The zero-order chi connectivity index (χ0) is 14.0. The van der Waals surface area contributed by atoms with Gasteiger partial charge in [-0.25, -0.2) is 4.79 Å². The zero-order valence-electron chi connectivity index (χ0n) is 12.2. The number of urea groups is 1. The maximum atomic E-state index is 11.8. The molecule has 105 valence electrons. The van der Waals surface area contributed by atoms with E-state index in [1.807, 2.05) is 6.92 Å². The largest absolute Gasteiger partial charge is 0.337 e. The first-order valence-electron chi connectivity index (χ1n) is 7.01. The summed E-state index contributed by atoms with van der Waals surface area (Å²) in [4.78, 5) is 23.8. The second-order valence-electron chi connectivity index (χ2n) is 5.03. The summed E-state index contributed by atoms with van der Waals surface area (Å²) in [5, 5.41) is 2.80. The van der Waals surface area contributed by atoms with Crippen molar-refractivity contribution in [2.24, 2.45) is 5.92 Å². The van der Waals surface area contributed by atoms with Crippen molar-refractivity contribution in [2.75, 3.05) is 6.54 Å². The van der Waals surface area contributed by atoms with E-state index in [2.05, 4.69) is 26.1 Å². The summed E-state index contributed by atoms with van der Waals surface area (Å²) in [6.07, 6.45) is 6.83. The number of carbonyl (C=O) groups is 1. The molecular weight excluding hydrogens is 228 g/mol. The highest BCUT2D eigenvalue weighted by Gasteiger charge is 2.20. The number of nitrogens with one attached hydrogen (secondary N) is 1. The number of rotatable bonds is 9. The summed E-state index contributed by atoms with van der Waals surface area (Å²) in [5.74, 6) is 0.443. The van der Waals surface area contributed by atoms with Crippen LogP contribution in [0, 0.1) is 5.92 Å². The molecule has 3 amide bonds. The van der Waals surface area contributed by atoms with Crippen LogP contribution in [0.5, 0.6) is 0 Å². The Hall–Kier alpha value is -1.06. The highest BCUT2D eigenvalue weighted by Crippen LogP contribution is 2.08. The molecule has 0 aliphatic carbocycles. The van der Waals surface area contributed by atoms with Gasteiger partial charge in [0.2, 0.25) is 0 Å². The van der Waals surface area contributed by atoms with E-state index in [1.54, 1.807) is 6.41 Å². The molecule has 0 fully saturated rings. The number of unbranched alkanes of at least 4 members (excludes halogenated alkanes) is 1. The van der Waals surface area contributed by atoms with Crippen LogP contribution >= 0.6 is 0 Å². The predicted octanol–water partition coefficient (Wildman–Crippen LogP) is 3.08. The van der Waals surface area contributed by atoms with Crippen LogP contribution in [0.3, 0.4) is 0 Å². The topological polar surface area (TPSA) is 49.4 Å². The molecule has 0 aliphatic heterocycles. The van der Waals surface area contributed by atoms with Gasteiger partial charge >= 0.3 is 12.4 Å². The third-order valence-electron chi connectivity index (χ3n) is 3.12. The van der Waals surface area contributed by atoms with Crippen molar-refractivity contribution >= 4 is 12.4 Å².